The molecule has 0 saturated heterocycles. The predicted octanol–water partition coefficient (Wildman–Crippen LogP) is 5.08. The summed E-state index contributed by atoms with van der Waals surface area (Å²) in [5.41, 5.74) is 2.95. The Morgan fingerprint density at radius 1 is 0.760 bits per heavy atom. The van der Waals surface area contributed by atoms with Crippen molar-refractivity contribution < 1.29 is 14.3 Å². The van der Waals surface area contributed by atoms with Crippen molar-refractivity contribution in [3.63, 3.8) is 0 Å². The van der Waals surface area contributed by atoms with Gasteiger partial charge in [0.05, 0.1) is 11.1 Å². The molecule has 3 heteroatoms. The molecule has 3 nitrogen and oxygen atoms in total. The molecule has 0 bridgehead atoms. The number of esters is 2. The van der Waals surface area contributed by atoms with E-state index in [9.17, 15) is 9.59 Å². The van der Waals surface area contributed by atoms with Crippen LogP contribution in [-0.4, -0.2) is 11.9 Å². The maximum absolute atomic E-state index is 12.3. The number of carbonyl (C=O) groups excluding carboxylic acids is 2. The van der Waals surface area contributed by atoms with Gasteiger partial charge in [-0.05, 0) is 60.1 Å². The summed E-state index contributed by atoms with van der Waals surface area (Å²) in [5, 5.41) is 0. The number of carbonyl (C=O) groups is 2. The van der Waals surface area contributed by atoms with Crippen LogP contribution in [0.15, 0.2) is 48.5 Å². The second-order valence-electron chi connectivity index (χ2n) is 7.27. The van der Waals surface area contributed by atoms with Gasteiger partial charge in [0.1, 0.15) is 0 Å². The summed E-state index contributed by atoms with van der Waals surface area (Å²) in [7, 11) is 0. The monoisotopic (exact) mass is 338 g/mol. The van der Waals surface area contributed by atoms with Crippen molar-refractivity contribution in [3.8, 4) is 0 Å². The third kappa shape index (κ3) is 5.86. The lowest BCUT2D eigenvalue weighted by atomic mass is 10.0. The van der Waals surface area contributed by atoms with Gasteiger partial charge in [-0.15, -0.1) is 0 Å². The highest BCUT2D eigenvalue weighted by Crippen LogP contribution is 2.14. The zero-order valence-electron chi connectivity index (χ0n) is 15.4. The number of hydrogen-bond donors (Lipinski definition) is 0. The fourth-order valence-corrected chi connectivity index (χ4v) is 2.80. The highest BCUT2D eigenvalue weighted by molar-refractivity contribution is 6.02. The van der Waals surface area contributed by atoms with Crippen molar-refractivity contribution in [3.05, 3.63) is 70.8 Å². The number of rotatable bonds is 6. The Morgan fingerprint density at radius 3 is 1.52 bits per heavy atom. The molecule has 2 aromatic rings. The molecular formula is C22H26O3. The number of benzene rings is 2. The zero-order valence-corrected chi connectivity index (χ0v) is 15.4. The zero-order chi connectivity index (χ0) is 18.4. The Balaban J connectivity index is 2.08. The fourth-order valence-electron chi connectivity index (χ4n) is 2.80. The molecule has 0 atom stereocenters. The molecule has 0 saturated carbocycles. The number of hydrogen-bond acceptors (Lipinski definition) is 3. The van der Waals surface area contributed by atoms with Crippen LogP contribution in [0.1, 0.15) is 59.5 Å². The minimum Gasteiger partial charge on any atom is -0.386 e. The van der Waals surface area contributed by atoms with E-state index in [2.05, 4.69) is 27.7 Å². The van der Waals surface area contributed by atoms with E-state index >= 15 is 0 Å². The lowest BCUT2D eigenvalue weighted by molar-refractivity contribution is 0.0397. The normalized spacial score (nSPS) is 11.0. The molecule has 0 N–H and O–H groups in total. The van der Waals surface area contributed by atoms with Gasteiger partial charge < -0.3 is 4.74 Å². The van der Waals surface area contributed by atoms with Gasteiger partial charge in [0.25, 0.3) is 0 Å². The Labute approximate surface area is 150 Å². The van der Waals surface area contributed by atoms with Crippen LogP contribution in [0.2, 0.25) is 0 Å². The Bertz CT molecular complexity index is 681. The molecule has 0 amide bonds. The van der Waals surface area contributed by atoms with E-state index in [0.717, 1.165) is 24.0 Å². The molecule has 0 heterocycles. The summed E-state index contributed by atoms with van der Waals surface area (Å²) in [4.78, 5) is 24.6. The van der Waals surface area contributed by atoms with Crippen LogP contribution in [-0.2, 0) is 17.6 Å². The van der Waals surface area contributed by atoms with Crippen LogP contribution >= 0.6 is 0 Å². The van der Waals surface area contributed by atoms with Crippen molar-refractivity contribution >= 4 is 11.9 Å². The molecule has 0 unspecified atom stereocenters. The average Bonchev–Trinajstić information content (AvgIpc) is 2.54. The highest BCUT2D eigenvalue weighted by Gasteiger charge is 2.16. The first kappa shape index (κ1) is 18.9. The summed E-state index contributed by atoms with van der Waals surface area (Å²) in [6, 6.07) is 14.5. The molecule has 0 aliphatic rings. The third-order valence-corrected chi connectivity index (χ3v) is 3.80. The largest absolute Gasteiger partial charge is 0.386 e. The van der Waals surface area contributed by atoms with Gasteiger partial charge in [-0.1, -0.05) is 52.0 Å². The van der Waals surface area contributed by atoms with Crippen molar-refractivity contribution in [2.45, 2.75) is 40.5 Å². The Kier molecular flexibility index (Phi) is 6.51. The molecule has 0 spiro atoms. The van der Waals surface area contributed by atoms with E-state index in [-0.39, 0.29) is 0 Å². The second-order valence-corrected chi connectivity index (χ2v) is 7.27. The van der Waals surface area contributed by atoms with E-state index in [1.807, 2.05) is 24.3 Å². The van der Waals surface area contributed by atoms with Crippen molar-refractivity contribution in [1.82, 2.24) is 0 Å². The second kappa shape index (κ2) is 8.61. The maximum atomic E-state index is 12.3. The van der Waals surface area contributed by atoms with Gasteiger partial charge in [-0.25, -0.2) is 9.59 Å². The smallest absolute Gasteiger partial charge is 0.346 e. The molecule has 0 radical (unpaired) electrons. The van der Waals surface area contributed by atoms with Crippen LogP contribution < -0.4 is 0 Å². The maximum Gasteiger partial charge on any atom is 0.346 e. The first-order valence-electron chi connectivity index (χ1n) is 8.79. The molecule has 2 rings (SSSR count). The van der Waals surface area contributed by atoms with Crippen LogP contribution in [0.5, 0.6) is 0 Å². The molecular weight excluding hydrogens is 312 g/mol. The molecule has 2 aromatic carbocycles. The van der Waals surface area contributed by atoms with Gasteiger partial charge in [-0.2, -0.15) is 0 Å². The minimum atomic E-state index is -0.607. The van der Waals surface area contributed by atoms with Crippen LogP contribution in [0.4, 0.5) is 0 Å². The van der Waals surface area contributed by atoms with Crippen LogP contribution in [0.25, 0.3) is 0 Å². The fraction of sp³-hybridized carbons (Fsp3) is 0.364. The van der Waals surface area contributed by atoms with E-state index < -0.39 is 11.9 Å². The summed E-state index contributed by atoms with van der Waals surface area (Å²) in [5.74, 6) is -0.220. The molecule has 0 fully saturated rings. The molecule has 25 heavy (non-hydrogen) atoms. The Morgan fingerprint density at radius 2 is 1.16 bits per heavy atom. The summed E-state index contributed by atoms with van der Waals surface area (Å²) < 4.78 is 5.06. The Hall–Kier alpha value is -2.42. The molecule has 132 valence electrons. The minimum absolute atomic E-state index is 0.407. The summed E-state index contributed by atoms with van der Waals surface area (Å²) in [6.07, 6.45) is 1.76. The van der Waals surface area contributed by atoms with E-state index in [0.29, 0.717) is 23.0 Å². The number of ether oxygens (including phenoxy) is 1. The van der Waals surface area contributed by atoms with Gasteiger partial charge in [0.2, 0.25) is 0 Å². The first-order chi connectivity index (χ1) is 11.8. The average molecular weight is 338 g/mol. The van der Waals surface area contributed by atoms with Crippen molar-refractivity contribution in [2.75, 3.05) is 0 Å². The topological polar surface area (TPSA) is 43.4 Å². The van der Waals surface area contributed by atoms with Gasteiger partial charge >= 0.3 is 11.9 Å². The lowest BCUT2D eigenvalue weighted by Gasteiger charge is -2.09. The van der Waals surface area contributed by atoms with E-state index in [1.165, 1.54) is 0 Å². The van der Waals surface area contributed by atoms with Crippen LogP contribution in [0, 0.1) is 11.8 Å². The van der Waals surface area contributed by atoms with Crippen molar-refractivity contribution in [2.24, 2.45) is 11.8 Å². The first-order valence-corrected chi connectivity index (χ1v) is 8.79. The standard InChI is InChI=1S/C22H26O3/c1-15(2)11-17-7-5-9-19(13-17)21(23)25-22(24)20-10-6-8-18(14-20)12-16(3)4/h5-10,13-16H,11-12H2,1-4H3. The quantitative estimate of drug-likeness (QED) is 0.545. The van der Waals surface area contributed by atoms with Gasteiger partial charge in [-0.3, -0.25) is 0 Å². The molecule has 0 aliphatic carbocycles. The highest BCUT2D eigenvalue weighted by atomic mass is 16.6. The lowest BCUT2D eigenvalue weighted by Crippen LogP contribution is -2.13. The predicted molar refractivity (Wildman–Crippen MR) is 99.7 cm³/mol. The van der Waals surface area contributed by atoms with E-state index in [4.69, 9.17) is 4.74 Å². The molecule has 0 aromatic heterocycles. The van der Waals surface area contributed by atoms with Crippen LogP contribution in [0.3, 0.4) is 0 Å². The van der Waals surface area contributed by atoms with Gasteiger partial charge in [0.15, 0.2) is 0 Å². The van der Waals surface area contributed by atoms with Crippen molar-refractivity contribution in [1.29, 1.82) is 0 Å². The van der Waals surface area contributed by atoms with Gasteiger partial charge in [0, 0.05) is 0 Å². The summed E-state index contributed by atoms with van der Waals surface area (Å²) in [6.45, 7) is 8.49. The summed E-state index contributed by atoms with van der Waals surface area (Å²) >= 11 is 0. The molecule has 0 aliphatic heterocycles. The SMILES string of the molecule is CC(C)Cc1cccc(C(=O)OC(=O)c2cccc(CC(C)C)c2)c1. The van der Waals surface area contributed by atoms with E-state index in [1.54, 1.807) is 24.3 Å². The third-order valence-electron chi connectivity index (χ3n) is 3.80.